The van der Waals surface area contributed by atoms with Gasteiger partial charge in [-0.2, -0.15) is 0 Å². The van der Waals surface area contributed by atoms with E-state index in [1.165, 1.54) is 12.7 Å². The van der Waals surface area contributed by atoms with Crippen LogP contribution in [-0.4, -0.2) is 41.8 Å². The average molecular weight is 312 g/mol. The molecule has 0 amide bonds. The van der Waals surface area contributed by atoms with Crippen LogP contribution in [-0.2, 0) is 16.1 Å². The molecule has 1 aromatic carbocycles. The van der Waals surface area contributed by atoms with Crippen LogP contribution in [0.2, 0.25) is 5.02 Å². The van der Waals surface area contributed by atoms with Crippen molar-refractivity contribution in [1.82, 2.24) is 4.90 Å². The Bertz CT molecular complexity index is 523. The predicted molar refractivity (Wildman–Crippen MR) is 82.4 cm³/mol. The van der Waals surface area contributed by atoms with E-state index in [4.69, 9.17) is 16.3 Å². The van der Waals surface area contributed by atoms with Gasteiger partial charge in [-0.1, -0.05) is 11.6 Å². The molecular formula is C16H22ClNO3. The normalized spacial score (nSPS) is 23.1. The zero-order valence-electron chi connectivity index (χ0n) is 12.8. The summed E-state index contributed by atoms with van der Waals surface area (Å²) in [7, 11) is 1.31. The molecule has 0 saturated carbocycles. The number of rotatable bonds is 3. The number of carbonyl (C=O) groups excluding carboxylic acids is 1. The first-order valence-corrected chi connectivity index (χ1v) is 7.52. The number of likely N-dealkylation sites (tertiary alicyclic amines) is 1. The number of ether oxygens (including phenoxy) is 1. The fraction of sp³-hybridized carbons (Fsp3) is 0.562. The first-order chi connectivity index (χ1) is 9.85. The first kappa shape index (κ1) is 16.3. The number of hydrogen-bond acceptors (Lipinski definition) is 4. The molecule has 5 heteroatoms. The summed E-state index contributed by atoms with van der Waals surface area (Å²) >= 11 is 6.06. The van der Waals surface area contributed by atoms with Crippen molar-refractivity contribution in [2.24, 2.45) is 0 Å². The van der Waals surface area contributed by atoms with Crippen LogP contribution in [0, 0.1) is 13.8 Å². The van der Waals surface area contributed by atoms with E-state index in [0.717, 1.165) is 29.1 Å². The van der Waals surface area contributed by atoms with Crippen molar-refractivity contribution in [3.63, 3.8) is 0 Å². The molecule has 1 fully saturated rings. The summed E-state index contributed by atoms with van der Waals surface area (Å²) in [6.45, 7) is 5.94. The van der Waals surface area contributed by atoms with Gasteiger partial charge in [0.2, 0.25) is 0 Å². The molecule has 0 spiro atoms. The predicted octanol–water partition coefficient (Wildman–Crippen LogP) is 2.46. The number of β-amino-alcohol motifs (C(OH)–C–C–N with tert-alkyl or cyclic N) is 1. The van der Waals surface area contributed by atoms with E-state index < -0.39 is 11.6 Å². The van der Waals surface area contributed by atoms with Gasteiger partial charge in [0.1, 0.15) is 0 Å². The van der Waals surface area contributed by atoms with Crippen molar-refractivity contribution in [1.29, 1.82) is 0 Å². The fourth-order valence-electron chi connectivity index (χ4n) is 3.03. The van der Waals surface area contributed by atoms with Crippen molar-refractivity contribution >= 4 is 17.6 Å². The van der Waals surface area contributed by atoms with Gasteiger partial charge in [-0.25, -0.2) is 4.79 Å². The van der Waals surface area contributed by atoms with Crippen molar-refractivity contribution in [3.05, 3.63) is 33.8 Å². The molecule has 1 atom stereocenters. The highest BCUT2D eigenvalue weighted by Gasteiger charge is 2.41. The van der Waals surface area contributed by atoms with Crippen molar-refractivity contribution in [3.8, 4) is 0 Å². The van der Waals surface area contributed by atoms with Gasteiger partial charge in [-0.3, -0.25) is 4.90 Å². The molecule has 2 rings (SSSR count). The second kappa shape index (κ2) is 6.34. The maximum Gasteiger partial charge on any atom is 0.339 e. The number of methoxy groups -OCH3 is 1. The van der Waals surface area contributed by atoms with E-state index in [1.54, 1.807) is 0 Å². The molecule has 21 heavy (non-hydrogen) atoms. The lowest BCUT2D eigenvalue weighted by atomic mass is 9.92. The minimum Gasteiger partial charge on any atom is -0.467 e. The molecular weight excluding hydrogens is 290 g/mol. The molecule has 0 aromatic heterocycles. The van der Waals surface area contributed by atoms with Crippen LogP contribution in [0.3, 0.4) is 0 Å². The molecule has 116 valence electrons. The molecule has 1 aliphatic rings. The highest BCUT2D eigenvalue weighted by Crippen LogP contribution is 2.26. The summed E-state index contributed by atoms with van der Waals surface area (Å²) in [4.78, 5) is 13.8. The number of carbonyl (C=O) groups is 1. The summed E-state index contributed by atoms with van der Waals surface area (Å²) in [5.74, 6) is -0.545. The molecule has 1 aliphatic heterocycles. The van der Waals surface area contributed by atoms with E-state index in [0.29, 0.717) is 19.5 Å². The molecule has 1 saturated heterocycles. The van der Waals surface area contributed by atoms with Gasteiger partial charge in [-0.15, -0.1) is 0 Å². The van der Waals surface area contributed by atoms with Crippen LogP contribution in [0.4, 0.5) is 0 Å². The third kappa shape index (κ3) is 3.57. The van der Waals surface area contributed by atoms with Crippen LogP contribution >= 0.6 is 11.6 Å². The fourth-order valence-corrected chi connectivity index (χ4v) is 3.36. The molecule has 1 N–H and O–H groups in total. The molecule has 1 heterocycles. The Hall–Kier alpha value is -1.10. The van der Waals surface area contributed by atoms with E-state index in [1.807, 2.05) is 26.0 Å². The van der Waals surface area contributed by atoms with Gasteiger partial charge in [-0.05, 0) is 62.1 Å². The number of benzene rings is 1. The monoisotopic (exact) mass is 311 g/mol. The van der Waals surface area contributed by atoms with Crippen molar-refractivity contribution in [2.45, 2.75) is 38.8 Å². The maximum absolute atomic E-state index is 11.7. The van der Waals surface area contributed by atoms with E-state index in [9.17, 15) is 9.90 Å². The van der Waals surface area contributed by atoms with E-state index in [2.05, 4.69) is 4.90 Å². The minimum atomic E-state index is -1.39. The molecule has 0 radical (unpaired) electrons. The number of nitrogens with zero attached hydrogens (tertiary/aromatic N) is 1. The SMILES string of the molecule is COC(=O)C1(O)CCCN(Cc2c(C)cc(Cl)cc2C)C1. The highest BCUT2D eigenvalue weighted by molar-refractivity contribution is 6.30. The third-order valence-corrected chi connectivity index (χ3v) is 4.38. The Morgan fingerprint density at radius 2 is 2.05 bits per heavy atom. The summed E-state index contributed by atoms with van der Waals surface area (Å²) in [5.41, 5.74) is 2.08. The van der Waals surface area contributed by atoms with Crippen molar-refractivity contribution < 1.29 is 14.6 Å². The Labute approximate surface area is 130 Å². The minimum absolute atomic E-state index is 0.307. The van der Waals surface area contributed by atoms with Crippen molar-refractivity contribution in [2.75, 3.05) is 20.2 Å². The molecule has 0 aliphatic carbocycles. The summed E-state index contributed by atoms with van der Waals surface area (Å²) in [6.07, 6.45) is 1.23. The number of piperidine rings is 1. The highest BCUT2D eigenvalue weighted by atomic mass is 35.5. The summed E-state index contributed by atoms with van der Waals surface area (Å²) in [5, 5.41) is 11.2. The molecule has 1 aromatic rings. The van der Waals surface area contributed by atoms with Gasteiger partial charge in [0.05, 0.1) is 7.11 Å². The van der Waals surface area contributed by atoms with Crippen LogP contribution in [0.5, 0.6) is 0 Å². The van der Waals surface area contributed by atoms with Gasteiger partial charge >= 0.3 is 5.97 Å². The molecule has 0 bridgehead atoms. The Balaban J connectivity index is 2.15. The number of aliphatic hydroxyl groups is 1. The smallest absolute Gasteiger partial charge is 0.339 e. The molecule has 4 nitrogen and oxygen atoms in total. The number of esters is 1. The zero-order valence-corrected chi connectivity index (χ0v) is 13.5. The average Bonchev–Trinajstić information content (AvgIpc) is 2.42. The quantitative estimate of drug-likeness (QED) is 0.871. The Morgan fingerprint density at radius 1 is 1.43 bits per heavy atom. The largest absolute Gasteiger partial charge is 0.467 e. The van der Waals surface area contributed by atoms with Gasteiger partial charge in [0, 0.05) is 18.1 Å². The number of aryl methyl sites for hydroxylation is 2. The molecule has 1 unspecified atom stereocenters. The first-order valence-electron chi connectivity index (χ1n) is 7.14. The second-order valence-electron chi connectivity index (χ2n) is 5.86. The Kier molecular flexibility index (Phi) is 4.91. The van der Waals surface area contributed by atoms with Crippen LogP contribution in [0.1, 0.15) is 29.5 Å². The maximum atomic E-state index is 11.7. The third-order valence-electron chi connectivity index (χ3n) is 4.16. The van der Waals surface area contributed by atoms with Gasteiger partial charge < -0.3 is 9.84 Å². The lowest BCUT2D eigenvalue weighted by molar-refractivity contribution is -0.168. The summed E-state index contributed by atoms with van der Waals surface area (Å²) in [6, 6.07) is 3.89. The van der Waals surface area contributed by atoms with Crippen LogP contribution in [0.25, 0.3) is 0 Å². The zero-order chi connectivity index (χ0) is 15.6. The van der Waals surface area contributed by atoms with E-state index >= 15 is 0 Å². The van der Waals surface area contributed by atoms with Crippen LogP contribution in [0.15, 0.2) is 12.1 Å². The lowest BCUT2D eigenvalue weighted by Crippen LogP contribution is -2.53. The standard InChI is InChI=1S/C16H22ClNO3/c1-11-7-13(17)8-12(2)14(11)9-18-6-4-5-16(20,10-18)15(19)21-3/h7-8,20H,4-6,9-10H2,1-3H3. The topological polar surface area (TPSA) is 49.8 Å². The van der Waals surface area contributed by atoms with Gasteiger partial charge in [0.25, 0.3) is 0 Å². The van der Waals surface area contributed by atoms with Crippen LogP contribution < -0.4 is 0 Å². The van der Waals surface area contributed by atoms with Gasteiger partial charge in [0.15, 0.2) is 5.60 Å². The number of hydrogen-bond donors (Lipinski definition) is 1. The lowest BCUT2D eigenvalue weighted by Gasteiger charge is -2.37. The Morgan fingerprint density at radius 3 is 2.62 bits per heavy atom. The summed E-state index contributed by atoms with van der Waals surface area (Å²) < 4.78 is 4.72. The number of halogens is 1. The second-order valence-corrected chi connectivity index (χ2v) is 6.29. The van der Waals surface area contributed by atoms with E-state index in [-0.39, 0.29) is 0 Å².